The zero-order valence-corrected chi connectivity index (χ0v) is 9.21. The number of quaternary nitrogens is 1. The predicted octanol–water partition coefficient (Wildman–Crippen LogP) is 0.463. The first-order chi connectivity index (χ1) is 7.41. The normalized spacial score (nSPS) is 14.5. The smallest absolute Gasteiger partial charge is 0.275 e. The van der Waals surface area contributed by atoms with Crippen LogP contribution in [-0.4, -0.2) is 11.9 Å². The van der Waals surface area contributed by atoms with Crippen molar-refractivity contribution in [1.82, 2.24) is 0 Å². The molecule has 0 aliphatic heterocycles. The maximum atomic E-state index is 13.4. The van der Waals surface area contributed by atoms with Gasteiger partial charge in [-0.15, -0.1) is 0 Å². The zero-order chi connectivity index (χ0) is 12.3. The van der Waals surface area contributed by atoms with E-state index in [9.17, 15) is 13.6 Å². The van der Waals surface area contributed by atoms with Crippen LogP contribution in [0, 0.1) is 11.6 Å². The van der Waals surface area contributed by atoms with Gasteiger partial charge in [0.2, 0.25) is 0 Å². The molecule has 5 heteroatoms. The van der Waals surface area contributed by atoms with Crippen molar-refractivity contribution in [3.63, 3.8) is 0 Å². The Kier molecular flexibility index (Phi) is 3.95. The molecular weight excluding hydrogens is 214 g/mol. The second-order valence-electron chi connectivity index (χ2n) is 3.84. The molecule has 0 fully saturated rings. The summed E-state index contributed by atoms with van der Waals surface area (Å²) in [7, 11) is 0. The summed E-state index contributed by atoms with van der Waals surface area (Å²) in [5.74, 6) is -1.69. The molecule has 0 aliphatic carbocycles. The number of carbonyl (C=O) groups excluding carboxylic acids is 1. The van der Waals surface area contributed by atoms with E-state index in [1.165, 1.54) is 12.1 Å². The molecule has 1 aromatic carbocycles. The fraction of sp³-hybridized carbons (Fsp3) is 0.364. The Morgan fingerprint density at radius 2 is 2.00 bits per heavy atom. The van der Waals surface area contributed by atoms with Gasteiger partial charge in [0.25, 0.3) is 5.91 Å². The summed E-state index contributed by atoms with van der Waals surface area (Å²) < 4.78 is 26.1. The molecule has 0 saturated heterocycles. The van der Waals surface area contributed by atoms with Crippen molar-refractivity contribution in [2.45, 2.75) is 25.9 Å². The molecule has 16 heavy (non-hydrogen) atoms. The summed E-state index contributed by atoms with van der Waals surface area (Å²) in [6.07, 6.45) is 0. The van der Waals surface area contributed by atoms with E-state index in [4.69, 9.17) is 5.73 Å². The molecule has 0 spiro atoms. The topological polar surface area (TPSA) is 59.7 Å². The minimum Gasteiger partial charge on any atom is -0.365 e. The first-order valence-corrected chi connectivity index (χ1v) is 5.01. The maximum Gasteiger partial charge on any atom is 0.275 e. The quantitative estimate of drug-likeness (QED) is 0.774. The molecule has 4 N–H and O–H groups in total. The number of primary amides is 1. The third-order valence-corrected chi connectivity index (χ3v) is 2.48. The lowest BCUT2D eigenvalue weighted by molar-refractivity contribution is -0.710. The molecule has 0 radical (unpaired) electrons. The van der Waals surface area contributed by atoms with E-state index in [2.05, 4.69) is 0 Å². The van der Waals surface area contributed by atoms with Gasteiger partial charge in [0.1, 0.15) is 17.7 Å². The lowest BCUT2D eigenvalue weighted by Crippen LogP contribution is -2.92. The van der Waals surface area contributed by atoms with Crippen LogP contribution in [0.2, 0.25) is 0 Å². The van der Waals surface area contributed by atoms with Crippen LogP contribution < -0.4 is 11.1 Å². The molecular formula is C11H15F2N2O+. The largest absolute Gasteiger partial charge is 0.365 e. The van der Waals surface area contributed by atoms with Gasteiger partial charge in [-0.2, -0.15) is 0 Å². The van der Waals surface area contributed by atoms with Gasteiger partial charge >= 0.3 is 0 Å². The fourth-order valence-corrected chi connectivity index (χ4v) is 1.50. The molecule has 2 atom stereocenters. The third kappa shape index (κ3) is 3.00. The van der Waals surface area contributed by atoms with E-state index in [1.807, 2.05) is 0 Å². The minimum absolute atomic E-state index is 0.289. The number of amides is 1. The molecule has 0 aromatic heterocycles. The van der Waals surface area contributed by atoms with Crippen LogP contribution in [0.4, 0.5) is 8.78 Å². The van der Waals surface area contributed by atoms with Crippen LogP contribution in [0.15, 0.2) is 18.2 Å². The van der Waals surface area contributed by atoms with Crippen LogP contribution in [0.3, 0.4) is 0 Å². The molecule has 0 bridgehead atoms. The molecule has 1 aromatic rings. The second kappa shape index (κ2) is 5.03. The van der Waals surface area contributed by atoms with Crippen molar-refractivity contribution in [3.8, 4) is 0 Å². The molecule has 3 nitrogen and oxygen atoms in total. The number of halogens is 2. The van der Waals surface area contributed by atoms with E-state index in [0.29, 0.717) is 5.56 Å². The van der Waals surface area contributed by atoms with Crippen LogP contribution in [-0.2, 0) is 4.79 Å². The highest BCUT2D eigenvalue weighted by Gasteiger charge is 2.20. The van der Waals surface area contributed by atoms with Crippen molar-refractivity contribution < 1.29 is 18.9 Å². The van der Waals surface area contributed by atoms with E-state index >= 15 is 0 Å². The highest BCUT2D eigenvalue weighted by atomic mass is 19.1. The van der Waals surface area contributed by atoms with Gasteiger partial charge in [0.15, 0.2) is 6.04 Å². The van der Waals surface area contributed by atoms with Crippen LogP contribution in [0.5, 0.6) is 0 Å². The summed E-state index contributed by atoms with van der Waals surface area (Å²) in [5, 5.41) is 1.64. The van der Waals surface area contributed by atoms with E-state index in [-0.39, 0.29) is 6.04 Å². The third-order valence-electron chi connectivity index (χ3n) is 2.48. The summed E-state index contributed by atoms with van der Waals surface area (Å²) >= 11 is 0. The van der Waals surface area contributed by atoms with E-state index in [1.54, 1.807) is 19.2 Å². The average molecular weight is 229 g/mol. The van der Waals surface area contributed by atoms with Crippen LogP contribution >= 0.6 is 0 Å². The number of hydrogen-bond acceptors (Lipinski definition) is 1. The zero-order valence-electron chi connectivity index (χ0n) is 9.21. The van der Waals surface area contributed by atoms with Crippen molar-refractivity contribution >= 4 is 5.91 Å². The molecule has 0 unspecified atom stereocenters. The van der Waals surface area contributed by atoms with Gasteiger partial charge in [-0.1, -0.05) is 0 Å². The SMILES string of the molecule is C[C@@H]([NH2+][C@H](C)c1ccc(F)cc1F)C(N)=O. The van der Waals surface area contributed by atoms with E-state index < -0.39 is 23.6 Å². The summed E-state index contributed by atoms with van der Waals surface area (Å²) in [6, 6.07) is 2.66. The number of benzene rings is 1. The van der Waals surface area contributed by atoms with Crippen LogP contribution in [0.25, 0.3) is 0 Å². The standard InChI is InChI=1S/C11H14F2N2O/c1-6(15-7(2)11(14)16)9-4-3-8(12)5-10(9)13/h3-7,15H,1-2H3,(H2,14,16)/p+1/t6-,7-/m1/s1. The van der Waals surface area contributed by atoms with Crippen molar-refractivity contribution in [3.05, 3.63) is 35.4 Å². The Morgan fingerprint density at radius 3 is 2.50 bits per heavy atom. The lowest BCUT2D eigenvalue weighted by Gasteiger charge is -2.15. The van der Waals surface area contributed by atoms with Gasteiger partial charge in [0.05, 0.1) is 0 Å². The maximum absolute atomic E-state index is 13.4. The average Bonchev–Trinajstić information content (AvgIpc) is 2.16. The summed E-state index contributed by atoms with van der Waals surface area (Å²) in [5.41, 5.74) is 5.46. The van der Waals surface area contributed by atoms with Gasteiger partial charge in [-0.05, 0) is 26.0 Å². The summed E-state index contributed by atoms with van der Waals surface area (Å²) in [4.78, 5) is 10.8. The second-order valence-corrected chi connectivity index (χ2v) is 3.84. The first-order valence-electron chi connectivity index (χ1n) is 5.01. The van der Waals surface area contributed by atoms with Crippen LogP contribution in [0.1, 0.15) is 25.5 Å². The molecule has 88 valence electrons. The van der Waals surface area contributed by atoms with Crippen molar-refractivity contribution in [1.29, 1.82) is 0 Å². The molecule has 0 aliphatic rings. The Hall–Kier alpha value is -1.49. The van der Waals surface area contributed by atoms with Gasteiger partial charge < -0.3 is 11.1 Å². The first kappa shape index (κ1) is 12.6. The molecule has 0 heterocycles. The monoisotopic (exact) mass is 229 g/mol. The van der Waals surface area contributed by atoms with E-state index in [0.717, 1.165) is 6.07 Å². The minimum atomic E-state index is -0.614. The molecule has 1 rings (SSSR count). The summed E-state index contributed by atoms with van der Waals surface area (Å²) in [6.45, 7) is 3.37. The number of hydrogen-bond donors (Lipinski definition) is 2. The molecule has 1 amide bonds. The Morgan fingerprint density at radius 1 is 1.38 bits per heavy atom. The number of rotatable bonds is 4. The van der Waals surface area contributed by atoms with Gasteiger partial charge in [0, 0.05) is 11.6 Å². The van der Waals surface area contributed by atoms with Crippen molar-refractivity contribution in [2.24, 2.45) is 5.73 Å². The Bertz CT molecular complexity index is 396. The highest BCUT2D eigenvalue weighted by Crippen LogP contribution is 2.14. The molecule has 0 saturated carbocycles. The van der Waals surface area contributed by atoms with Gasteiger partial charge in [-0.25, -0.2) is 8.78 Å². The predicted molar refractivity (Wildman–Crippen MR) is 55.4 cm³/mol. The lowest BCUT2D eigenvalue weighted by atomic mass is 10.1. The van der Waals surface area contributed by atoms with Gasteiger partial charge in [-0.3, -0.25) is 4.79 Å². The Balaban J connectivity index is 2.80. The number of carbonyl (C=O) groups is 1. The fourth-order valence-electron chi connectivity index (χ4n) is 1.50. The highest BCUT2D eigenvalue weighted by molar-refractivity contribution is 5.77. The number of nitrogens with two attached hydrogens (primary N) is 2. The van der Waals surface area contributed by atoms with Crippen molar-refractivity contribution in [2.75, 3.05) is 0 Å². The Labute approximate surface area is 92.6 Å².